The maximum Gasteiger partial charge on any atom is 0.134 e. The monoisotopic (exact) mass is 236 g/mol. The van der Waals surface area contributed by atoms with Gasteiger partial charge in [0.25, 0.3) is 0 Å². The first-order valence-corrected chi connectivity index (χ1v) is 6.13. The van der Waals surface area contributed by atoms with Crippen molar-refractivity contribution in [3.63, 3.8) is 0 Å². The van der Waals surface area contributed by atoms with E-state index in [1.807, 2.05) is 13.8 Å². The van der Waals surface area contributed by atoms with E-state index < -0.39 is 5.60 Å². The number of anilines is 2. The predicted molar refractivity (Wildman–Crippen MR) is 67.8 cm³/mol. The molecule has 1 aromatic heterocycles. The van der Waals surface area contributed by atoms with Crippen LogP contribution in [0.15, 0.2) is 0 Å². The molecule has 1 saturated carbocycles. The largest absolute Gasteiger partial charge is 0.388 e. The Bertz CT molecular complexity index is 415. The van der Waals surface area contributed by atoms with Crippen molar-refractivity contribution in [3.05, 3.63) is 11.4 Å². The van der Waals surface area contributed by atoms with Gasteiger partial charge in [-0.05, 0) is 26.2 Å². The van der Waals surface area contributed by atoms with Crippen molar-refractivity contribution in [2.75, 3.05) is 17.6 Å². The topological polar surface area (TPSA) is 84.1 Å². The molecule has 1 aliphatic carbocycles. The second-order valence-electron chi connectivity index (χ2n) is 4.78. The van der Waals surface area contributed by atoms with Gasteiger partial charge < -0.3 is 16.2 Å². The lowest BCUT2D eigenvalue weighted by Gasteiger charge is -2.36. The number of hydrogen-bond acceptors (Lipinski definition) is 5. The Hall–Kier alpha value is -1.36. The first-order valence-electron chi connectivity index (χ1n) is 6.13. The lowest BCUT2D eigenvalue weighted by atomic mass is 9.80. The van der Waals surface area contributed by atoms with Crippen molar-refractivity contribution in [1.29, 1.82) is 0 Å². The summed E-state index contributed by atoms with van der Waals surface area (Å²) in [6.45, 7) is 4.42. The van der Waals surface area contributed by atoms with E-state index in [-0.39, 0.29) is 0 Å². The average molecular weight is 236 g/mol. The predicted octanol–water partition coefficient (Wildman–Crippen LogP) is 1.26. The first kappa shape index (κ1) is 12.1. The normalized spacial score (nSPS) is 17.6. The van der Waals surface area contributed by atoms with Crippen LogP contribution in [0.1, 0.15) is 37.6 Å². The molecule has 0 bridgehead atoms. The molecule has 1 aliphatic rings. The number of rotatable bonds is 4. The van der Waals surface area contributed by atoms with E-state index >= 15 is 0 Å². The molecule has 1 heterocycles. The minimum atomic E-state index is -0.557. The fourth-order valence-electron chi connectivity index (χ4n) is 1.92. The summed E-state index contributed by atoms with van der Waals surface area (Å²) in [5.41, 5.74) is 6.12. The molecule has 2 rings (SSSR count). The fraction of sp³-hybridized carbons (Fsp3) is 0.667. The van der Waals surface area contributed by atoms with Crippen molar-refractivity contribution in [3.8, 4) is 0 Å². The Balaban J connectivity index is 2.11. The Morgan fingerprint density at radius 3 is 2.65 bits per heavy atom. The molecular weight excluding hydrogens is 216 g/mol. The number of nitrogens with one attached hydrogen (secondary N) is 1. The summed E-state index contributed by atoms with van der Waals surface area (Å²) >= 11 is 0. The number of nitrogen functional groups attached to an aromatic ring is 1. The van der Waals surface area contributed by atoms with Gasteiger partial charge in [-0.3, -0.25) is 0 Å². The third kappa shape index (κ3) is 2.49. The molecule has 0 saturated heterocycles. The van der Waals surface area contributed by atoms with Crippen LogP contribution in [0.25, 0.3) is 0 Å². The number of aryl methyl sites for hydroxylation is 1. The van der Waals surface area contributed by atoms with Gasteiger partial charge in [-0.2, -0.15) is 0 Å². The van der Waals surface area contributed by atoms with Gasteiger partial charge in [-0.25, -0.2) is 9.97 Å². The van der Waals surface area contributed by atoms with Gasteiger partial charge in [0.05, 0.1) is 5.60 Å². The maximum absolute atomic E-state index is 10.0. The summed E-state index contributed by atoms with van der Waals surface area (Å²) in [5, 5.41) is 13.2. The fourth-order valence-corrected chi connectivity index (χ4v) is 1.92. The highest BCUT2D eigenvalue weighted by Crippen LogP contribution is 2.31. The molecule has 17 heavy (non-hydrogen) atoms. The molecule has 4 N–H and O–H groups in total. The Kier molecular flexibility index (Phi) is 3.19. The summed E-state index contributed by atoms with van der Waals surface area (Å²) in [6, 6.07) is 0. The van der Waals surface area contributed by atoms with Crippen LogP contribution >= 0.6 is 0 Å². The van der Waals surface area contributed by atoms with Gasteiger partial charge in [-0.15, -0.1) is 0 Å². The van der Waals surface area contributed by atoms with E-state index in [0.29, 0.717) is 12.4 Å². The molecule has 0 aromatic carbocycles. The van der Waals surface area contributed by atoms with E-state index in [9.17, 15) is 5.11 Å². The SMILES string of the molecule is CCc1nc(N)c(C)c(NCC2(O)CCC2)n1. The van der Waals surface area contributed by atoms with Gasteiger partial charge in [0.2, 0.25) is 0 Å². The molecule has 5 heteroatoms. The Morgan fingerprint density at radius 2 is 2.12 bits per heavy atom. The van der Waals surface area contributed by atoms with E-state index in [2.05, 4.69) is 15.3 Å². The number of hydrogen-bond donors (Lipinski definition) is 3. The molecule has 0 spiro atoms. The van der Waals surface area contributed by atoms with Crippen LogP contribution in [0.3, 0.4) is 0 Å². The smallest absolute Gasteiger partial charge is 0.134 e. The second-order valence-corrected chi connectivity index (χ2v) is 4.78. The van der Waals surface area contributed by atoms with Crippen LogP contribution in [0, 0.1) is 6.92 Å². The zero-order chi connectivity index (χ0) is 12.5. The van der Waals surface area contributed by atoms with Crippen molar-refractivity contribution >= 4 is 11.6 Å². The Morgan fingerprint density at radius 1 is 1.41 bits per heavy atom. The zero-order valence-corrected chi connectivity index (χ0v) is 10.5. The quantitative estimate of drug-likeness (QED) is 0.733. The minimum absolute atomic E-state index is 0.514. The highest BCUT2D eigenvalue weighted by Gasteiger charge is 2.34. The van der Waals surface area contributed by atoms with E-state index in [1.54, 1.807) is 0 Å². The first-order chi connectivity index (χ1) is 8.04. The standard InChI is InChI=1S/C12H20N4O/c1-3-9-15-10(13)8(2)11(16-9)14-7-12(17)5-4-6-12/h17H,3-7H2,1-2H3,(H3,13,14,15,16). The van der Waals surface area contributed by atoms with Gasteiger partial charge >= 0.3 is 0 Å². The summed E-state index contributed by atoms with van der Waals surface area (Å²) in [6.07, 6.45) is 3.58. The molecule has 0 radical (unpaired) electrons. The molecule has 0 atom stereocenters. The van der Waals surface area contributed by atoms with E-state index in [4.69, 9.17) is 5.73 Å². The van der Waals surface area contributed by atoms with Crippen LogP contribution in [0.4, 0.5) is 11.6 Å². The van der Waals surface area contributed by atoms with E-state index in [1.165, 1.54) is 0 Å². The highest BCUT2D eigenvalue weighted by molar-refractivity contribution is 5.54. The number of nitrogens with two attached hydrogens (primary N) is 1. The molecular formula is C12H20N4O. The van der Waals surface area contributed by atoms with Crippen molar-refractivity contribution in [1.82, 2.24) is 9.97 Å². The van der Waals surface area contributed by atoms with Crippen LogP contribution in [0.5, 0.6) is 0 Å². The third-order valence-corrected chi connectivity index (χ3v) is 3.42. The van der Waals surface area contributed by atoms with Gasteiger partial charge in [0.1, 0.15) is 17.5 Å². The second kappa shape index (κ2) is 4.49. The van der Waals surface area contributed by atoms with Crippen LogP contribution in [0.2, 0.25) is 0 Å². The lowest BCUT2D eigenvalue weighted by Crippen LogP contribution is -2.43. The summed E-state index contributed by atoms with van der Waals surface area (Å²) in [5.74, 6) is 1.99. The molecule has 0 unspecified atom stereocenters. The lowest BCUT2D eigenvalue weighted by molar-refractivity contribution is -0.0202. The molecule has 0 aliphatic heterocycles. The minimum Gasteiger partial charge on any atom is -0.388 e. The van der Waals surface area contributed by atoms with Crippen molar-refractivity contribution in [2.24, 2.45) is 0 Å². The van der Waals surface area contributed by atoms with Crippen LogP contribution in [-0.2, 0) is 6.42 Å². The summed E-state index contributed by atoms with van der Waals surface area (Å²) < 4.78 is 0. The van der Waals surface area contributed by atoms with E-state index in [0.717, 1.165) is 42.9 Å². The van der Waals surface area contributed by atoms with Crippen LogP contribution in [-0.4, -0.2) is 27.2 Å². The zero-order valence-electron chi connectivity index (χ0n) is 10.5. The third-order valence-electron chi connectivity index (χ3n) is 3.42. The van der Waals surface area contributed by atoms with Crippen molar-refractivity contribution < 1.29 is 5.11 Å². The average Bonchev–Trinajstić information content (AvgIpc) is 2.28. The Labute approximate surface area is 101 Å². The highest BCUT2D eigenvalue weighted by atomic mass is 16.3. The molecule has 94 valence electrons. The van der Waals surface area contributed by atoms with Crippen molar-refractivity contribution in [2.45, 2.75) is 45.1 Å². The van der Waals surface area contributed by atoms with Gasteiger partial charge in [0, 0.05) is 18.5 Å². The maximum atomic E-state index is 10.0. The van der Waals surface area contributed by atoms with Gasteiger partial charge in [-0.1, -0.05) is 6.92 Å². The molecule has 1 aromatic rings. The molecule has 0 amide bonds. The number of aromatic nitrogens is 2. The molecule has 5 nitrogen and oxygen atoms in total. The van der Waals surface area contributed by atoms with Crippen LogP contribution < -0.4 is 11.1 Å². The number of aliphatic hydroxyl groups is 1. The summed E-state index contributed by atoms with van der Waals surface area (Å²) in [7, 11) is 0. The van der Waals surface area contributed by atoms with Gasteiger partial charge in [0.15, 0.2) is 0 Å². The summed E-state index contributed by atoms with van der Waals surface area (Å²) in [4.78, 5) is 8.59. The molecule has 1 fully saturated rings. The number of nitrogens with zero attached hydrogens (tertiary/aromatic N) is 2.